The van der Waals surface area contributed by atoms with Crippen LogP contribution in [0.4, 0.5) is 11.6 Å². The summed E-state index contributed by atoms with van der Waals surface area (Å²) in [6, 6.07) is 18.6. The number of nitro groups is 1. The molecule has 148 valence electrons. The molecule has 0 saturated carbocycles. The van der Waals surface area contributed by atoms with Crippen LogP contribution in [0.3, 0.4) is 0 Å². The average Bonchev–Trinajstić information content (AvgIpc) is 3.23. The molecule has 0 bridgehead atoms. The molecule has 0 saturated heterocycles. The minimum Gasteiger partial charge on any atom is -0.395 e. The lowest BCUT2D eigenvalue weighted by Crippen LogP contribution is -2.27. The summed E-state index contributed by atoms with van der Waals surface area (Å²) in [7, 11) is 0. The molecule has 0 aliphatic rings. The number of nitrogens with one attached hydrogen (secondary N) is 2. The Labute approximate surface area is 170 Å². The average molecular weight is 411 g/mol. The van der Waals surface area contributed by atoms with Gasteiger partial charge in [0.15, 0.2) is 5.76 Å². The number of benzene rings is 2. The van der Waals surface area contributed by atoms with Crippen LogP contribution in [0.1, 0.15) is 20.9 Å². The molecule has 0 radical (unpaired) electrons. The Kier molecular flexibility index (Phi) is 6.64. The molecule has 0 aliphatic heterocycles. The number of carbonyl (C=O) groups excluding carboxylic acids is 2. The Bertz CT molecular complexity index is 1020. The van der Waals surface area contributed by atoms with E-state index in [2.05, 4.69) is 10.6 Å². The Hall–Kier alpha value is -3.59. The van der Waals surface area contributed by atoms with Crippen molar-refractivity contribution in [1.82, 2.24) is 5.32 Å². The molecule has 0 unspecified atom stereocenters. The largest absolute Gasteiger partial charge is 0.433 e. The first-order valence-electron chi connectivity index (χ1n) is 8.65. The molecule has 0 fully saturated rings. The molecule has 2 amide bonds. The molecule has 3 rings (SSSR count). The van der Waals surface area contributed by atoms with Gasteiger partial charge in [-0.05, 0) is 30.3 Å². The summed E-state index contributed by atoms with van der Waals surface area (Å²) in [4.78, 5) is 35.8. The molecule has 1 heterocycles. The van der Waals surface area contributed by atoms with Crippen molar-refractivity contribution >= 4 is 35.1 Å². The molecule has 3 aromatic rings. The summed E-state index contributed by atoms with van der Waals surface area (Å²) < 4.78 is 4.89. The van der Waals surface area contributed by atoms with Gasteiger partial charge in [-0.1, -0.05) is 30.3 Å². The molecule has 8 nitrogen and oxygen atoms in total. The summed E-state index contributed by atoms with van der Waals surface area (Å²) >= 11 is 1.62. The molecule has 29 heavy (non-hydrogen) atoms. The Morgan fingerprint density at radius 3 is 2.41 bits per heavy atom. The van der Waals surface area contributed by atoms with E-state index in [1.54, 1.807) is 36.0 Å². The zero-order valence-electron chi connectivity index (χ0n) is 15.2. The van der Waals surface area contributed by atoms with Crippen LogP contribution < -0.4 is 10.6 Å². The SMILES string of the molecule is O=C(Nc1ccccc1C(=O)NCCSc1ccccc1)c1ccc([N+](=O)[O-])o1. The zero-order valence-corrected chi connectivity index (χ0v) is 16.0. The number of carbonyl (C=O) groups is 2. The molecule has 2 N–H and O–H groups in total. The Balaban J connectivity index is 1.59. The minimum atomic E-state index is -0.731. The number of nitrogens with zero attached hydrogens (tertiary/aromatic N) is 1. The van der Waals surface area contributed by atoms with Crippen molar-refractivity contribution in [3.05, 3.63) is 88.2 Å². The lowest BCUT2D eigenvalue weighted by molar-refractivity contribution is -0.402. The maximum Gasteiger partial charge on any atom is 0.433 e. The molecular weight excluding hydrogens is 394 g/mol. The van der Waals surface area contributed by atoms with Gasteiger partial charge in [-0.3, -0.25) is 19.7 Å². The van der Waals surface area contributed by atoms with E-state index in [0.717, 1.165) is 11.0 Å². The van der Waals surface area contributed by atoms with Gasteiger partial charge in [0, 0.05) is 17.2 Å². The number of thioether (sulfide) groups is 1. The number of rotatable bonds is 8. The number of para-hydroxylation sites is 1. The van der Waals surface area contributed by atoms with Crippen molar-refractivity contribution in [1.29, 1.82) is 0 Å². The van der Waals surface area contributed by atoms with Gasteiger partial charge in [0.05, 0.1) is 17.3 Å². The summed E-state index contributed by atoms with van der Waals surface area (Å²) in [5, 5.41) is 16.1. The second-order valence-corrected chi connectivity index (χ2v) is 6.98. The number of hydrogen-bond acceptors (Lipinski definition) is 6. The van der Waals surface area contributed by atoms with Crippen LogP contribution in [0, 0.1) is 10.1 Å². The van der Waals surface area contributed by atoms with E-state index >= 15 is 0 Å². The number of amides is 2. The predicted octanol–water partition coefficient (Wildman–Crippen LogP) is 3.96. The predicted molar refractivity (Wildman–Crippen MR) is 109 cm³/mol. The molecule has 0 spiro atoms. The normalized spacial score (nSPS) is 10.3. The van der Waals surface area contributed by atoms with E-state index in [9.17, 15) is 19.7 Å². The van der Waals surface area contributed by atoms with Gasteiger partial charge in [-0.2, -0.15) is 0 Å². The molecule has 0 aliphatic carbocycles. The zero-order chi connectivity index (χ0) is 20.6. The summed E-state index contributed by atoms with van der Waals surface area (Å²) in [6.07, 6.45) is 0. The summed E-state index contributed by atoms with van der Waals surface area (Å²) in [6.45, 7) is 0.449. The lowest BCUT2D eigenvalue weighted by Gasteiger charge is -2.10. The fraction of sp³-hybridized carbons (Fsp3) is 0.100. The topological polar surface area (TPSA) is 114 Å². The van der Waals surface area contributed by atoms with E-state index in [0.29, 0.717) is 12.3 Å². The van der Waals surface area contributed by atoms with Crippen LogP contribution >= 0.6 is 11.8 Å². The van der Waals surface area contributed by atoms with Gasteiger partial charge in [0.25, 0.3) is 11.8 Å². The minimum absolute atomic E-state index is 0.217. The smallest absolute Gasteiger partial charge is 0.395 e. The van der Waals surface area contributed by atoms with Gasteiger partial charge in [-0.15, -0.1) is 11.8 Å². The molecular formula is C20H17N3O5S. The molecule has 1 aromatic heterocycles. The number of anilines is 1. The third-order valence-corrected chi connectivity index (χ3v) is 4.83. The quantitative estimate of drug-likeness (QED) is 0.251. The van der Waals surface area contributed by atoms with Crippen LogP contribution in [0.25, 0.3) is 0 Å². The van der Waals surface area contributed by atoms with Crippen LogP contribution in [0.15, 0.2) is 76.0 Å². The highest BCUT2D eigenvalue weighted by Crippen LogP contribution is 2.20. The number of furan rings is 1. The first-order chi connectivity index (χ1) is 14.0. The second kappa shape index (κ2) is 9.56. The van der Waals surface area contributed by atoms with E-state index in [4.69, 9.17) is 4.42 Å². The van der Waals surface area contributed by atoms with E-state index < -0.39 is 16.7 Å². The third kappa shape index (κ3) is 5.45. The van der Waals surface area contributed by atoms with Crippen molar-refractivity contribution in [3.8, 4) is 0 Å². The Morgan fingerprint density at radius 1 is 0.966 bits per heavy atom. The standard InChI is InChI=1S/C20H17N3O5S/c24-19(21-12-13-29-14-6-2-1-3-7-14)15-8-4-5-9-16(15)22-20(25)17-10-11-18(28-17)23(26)27/h1-11H,12-13H2,(H,21,24)(H,22,25). The fourth-order valence-electron chi connectivity index (χ4n) is 2.47. The summed E-state index contributed by atoms with van der Waals surface area (Å²) in [5.41, 5.74) is 0.566. The van der Waals surface area contributed by atoms with Gasteiger partial charge in [0.1, 0.15) is 4.92 Å². The van der Waals surface area contributed by atoms with Crippen LogP contribution in [-0.4, -0.2) is 29.0 Å². The molecule has 9 heteroatoms. The highest BCUT2D eigenvalue weighted by Gasteiger charge is 2.19. The van der Waals surface area contributed by atoms with Crippen LogP contribution in [0.5, 0.6) is 0 Å². The van der Waals surface area contributed by atoms with Crippen LogP contribution in [0.2, 0.25) is 0 Å². The van der Waals surface area contributed by atoms with E-state index in [-0.39, 0.29) is 22.9 Å². The van der Waals surface area contributed by atoms with Crippen molar-refractivity contribution in [2.75, 3.05) is 17.6 Å². The maximum atomic E-state index is 12.5. The van der Waals surface area contributed by atoms with Gasteiger partial charge < -0.3 is 15.1 Å². The lowest BCUT2D eigenvalue weighted by atomic mass is 10.1. The highest BCUT2D eigenvalue weighted by atomic mass is 32.2. The Morgan fingerprint density at radius 2 is 1.69 bits per heavy atom. The maximum absolute atomic E-state index is 12.5. The highest BCUT2D eigenvalue weighted by molar-refractivity contribution is 7.99. The summed E-state index contributed by atoms with van der Waals surface area (Å²) in [5.74, 6) is -1.07. The molecule has 2 aromatic carbocycles. The third-order valence-electron chi connectivity index (χ3n) is 3.81. The van der Waals surface area contributed by atoms with Gasteiger partial charge >= 0.3 is 5.88 Å². The first-order valence-corrected chi connectivity index (χ1v) is 9.64. The fourth-order valence-corrected chi connectivity index (χ4v) is 3.26. The first kappa shape index (κ1) is 20.2. The van der Waals surface area contributed by atoms with E-state index in [1.165, 1.54) is 6.07 Å². The second-order valence-electron chi connectivity index (χ2n) is 5.81. The number of hydrogen-bond donors (Lipinski definition) is 2. The molecule has 0 atom stereocenters. The van der Waals surface area contributed by atoms with Crippen molar-refractivity contribution in [2.45, 2.75) is 4.90 Å². The monoisotopic (exact) mass is 411 g/mol. The van der Waals surface area contributed by atoms with Crippen molar-refractivity contribution in [3.63, 3.8) is 0 Å². The van der Waals surface area contributed by atoms with Gasteiger partial charge in [-0.25, -0.2) is 0 Å². The van der Waals surface area contributed by atoms with E-state index in [1.807, 2.05) is 30.3 Å². The van der Waals surface area contributed by atoms with Crippen molar-refractivity contribution < 1.29 is 18.9 Å². The van der Waals surface area contributed by atoms with Gasteiger partial charge in [0.2, 0.25) is 0 Å². The van der Waals surface area contributed by atoms with Crippen LogP contribution in [-0.2, 0) is 0 Å². The van der Waals surface area contributed by atoms with Crippen molar-refractivity contribution in [2.24, 2.45) is 0 Å².